The lowest BCUT2D eigenvalue weighted by Gasteiger charge is -2.27. The highest BCUT2D eigenvalue weighted by atomic mass is 16.1. The van der Waals surface area contributed by atoms with E-state index in [0.717, 1.165) is 31.5 Å². The van der Waals surface area contributed by atoms with E-state index in [1.165, 1.54) is 4.40 Å². The molecule has 0 radical (unpaired) electrons. The Balaban J connectivity index is 1.83. The van der Waals surface area contributed by atoms with Crippen LogP contribution in [-0.4, -0.2) is 31.7 Å². The number of H-pyrrole nitrogens is 1. The summed E-state index contributed by atoms with van der Waals surface area (Å²) in [6, 6.07) is 2.53. The van der Waals surface area contributed by atoms with Crippen LogP contribution in [0.4, 0.5) is 5.82 Å². The summed E-state index contributed by atoms with van der Waals surface area (Å²) in [7, 11) is 0. The SMILES string of the molecule is Cc1nc(NC2CCC(N)CC2)cc2n[nH]c(=O)n12. The van der Waals surface area contributed by atoms with Crippen molar-refractivity contribution < 1.29 is 0 Å². The molecule has 0 atom stereocenters. The molecule has 3 rings (SSSR count). The second kappa shape index (κ2) is 4.65. The van der Waals surface area contributed by atoms with Crippen molar-refractivity contribution in [2.75, 3.05) is 5.32 Å². The van der Waals surface area contributed by atoms with E-state index in [2.05, 4.69) is 20.5 Å². The smallest absolute Gasteiger partial charge is 0.349 e. The van der Waals surface area contributed by atoms with Crippen LogP contribution in [0.3, 0.4) is 0 Å². The van der Waals surface area contributed by atoms with E-state index in [1.54, 1.807) is 13.0 Å². The number of nitrogens with one attached hydrogen (secondary N) is 2. The molecule has 1 fully saturated rings. The highest BCUT2D eigenvalue weighted by molar-refractivity contribution is 5.50. The molecule has 7 nitrogen and oxygen atoms in total. The van der Waals surface area contributed by atoms with Gasteiger partial charge < -0.3 is 11.1 Å². The van der Waals surface area contributed by atoms with Crippen LogP contribution in [0, 0.1) is 6.92 Å². The van der Waals surface area contributed by atoms with E-state index < -0.39 is 0 Å². The predicted octanol–water partition coefficient (Wildman–Crippen LogP) is 0.408. The fourth-order valence-corrected chi connectivity index (χ4v) is 2.64. The Bertz CT molecular complexity index is 637. The van der Waals surface area contributed by atoms with Gasteiger partial charge in [-0.05, 0) is 32.6 Å². The van der Waals surface area contributed by atoms with Crippen molar-refractivity contribution in [2.45, 2.75) is 44.7 Å². The molecule has 0 amide bonds. The van der Waals surface area contributed by atoms with Crippen molar-refractivity contribution in [1.29, 1.82) is 0 Å². The number of hydrogen-bond acceptors (Lipinski definition) is 5. The van der Waals surface area contributed by atoms with Crippen molar-refractivity contribution in [1.82, 2.24) is 19.6 Å². The summed E-state index contributed by atoms with van der Waals surface area (Å²) in [5, 5.41) is 9.81. The molecular weight excluding hydrogens is 244 g/mol. The molecule has 1 aliphatic carbocycles. The minimum atomic E-state index is -0.254. The summed E-state index contributed by atoms with van der Waals surface area (Å²) in [5.74, 6) is 1.40. The van der Waals surface area contributed by atoms with Gasteiger partial charge in [-0.1, -0.05) is 0 Å². The fraction of sp³-hybridized carbons (Fsp3) is 0.583. The molecule has 0 unspecified atom stereocenters. The van der Waals surface area contributed by atoms with Gasteiger partial charge in [0.1, 0.15) is 11.6 Å². The summed E-state index contributed by atoms with van der Waals surface area (Å²) >= 11 is 0. The molecule has 19 heavy (non-hydrogen) atoms. The van der Waals surface area contributed by atoms with Crippen molar-refractivity contribution in [2.24, 2.45) is 5.73 Å². The van der Waals surface area contributed by atoms with E-state index in [9.17, 15) is 4.79 Å². The predicted molar refractivity (Wildman–Crippen MR) is 72.2 cm³/mol. The third-order valence-electron chi connectivity index (χ3n) is 3.69. The van der Waals surface area contributed by atoms with Crippen molar-refractivity contribution in [3.8, 4) is 0 Å². The number of aryl methyl sites for hydroxylation is 1. The van der Waals surface area contributed by atoms with Gasteiger partial charge in [-0.3, -0.25) is 0 Å². The van der Waals surface area contributed by atoms with Crippen LogP contribution in [-0.2, 0) is 0 Å². The first-order chi connectivity index (χ1) is 9.13. The Hall–Kier alpha value is -1.89. The lowest BCUT2D eigenvalue weighted by Crippen LogP contribution is -2.33. The van der Waals surface area contributed by atoms with Crippen LogP contribution < -0.4 is 16.7 Å². The molecule has 2 aromatic rings. The Kier molecular flexibility index (Phi) is 2.98. The summed E-state index contributed by atoms with van der Waals surface area (Å²) in [6.45, 7) is 1.80. The zero-order valence-electron chi connectivity index (χ0n) is 10.9. The second-order valence-corrected chi connectivity index (χ2v) is 5.17. The number of rotatable bonds is 2. The largest absolute Gasteiger partial charge is 0.367 e. The molecule has 0 saturated heterocycles. The molecule has 2 heterocycles. The normalized spacial score (nSPS) is 23.7. The van der Waals surface area contributed by atoms with Crippen molar-refractivity contribution in [3.63, 3.8) is 0 Å². The van der Waals surface area contributed by atoms with Gasteiger partial charge in [0.25, 0.3) is 0 Å². The summed E-state index contributed by atoms with van der Waals surface area (Å²) in [5.41, 5.74) is 6.23. The summed E-state index contributed by atoms with van der Waals surface area (Å²) < 4.78 is 1.46. The van der Waals surface area contributed by atoms with Crippen LogP contribution in [0.25, 0.3) is 5.65 Å². The van der Waals surface area contributed by atoms with Gasteiger partial charge in [0.05, 0.1) is 0 Å². The van der Waals surface area contributed by atoms with Crippen molar-refractivity contribution in [3.05, 3.63) is 22.4 Å². The van der Waals surface area contributed by atoms with Gasteiger partial charge in [0.15, 0.2) is 5.65 Å². The lowest BCUT2D eigenvalue weighted by molar-refractivity contribution is 0.410. The summed E-state index contributed by atoms with van der Waals surface area (Å²) in [4.78, 5) is 15.9. The molecular formula is C12H18N6O. The standard InChI is InChI=1S/C12H18N6O/c1-7-14-10(6-11-16-17-12(19)18(7)11)15-9-4-2-8(13)3-5-9/h6,8-9,15H,2-5,13H2,1H3,(H,17,19). The van der Waals surface area contributed by atoms with E-state index in [4.69, 9.17) is 5.73 Å². The zero-order chi connectivity index (χ0) is 13.4. The maximum atomic E-state index is 11.5. The van der Waals surface area contributed by atoms with E-state index >= 15 is 0 Å². The number of aromatic amines is 1. The molecule has 2 aromatic heterocycles. The molecule has 7 heteroatoms. The van der Waals surface area contributed by atoms with Crippen LogP contribution >= 0.6 is 0 Å². The molecule has 0 aliphatic heterocycles. The monoisotopic (exact) mass is 262 g/mol. The van der Waals surface area contributed by atoms with Gasteiger partial charge in [0, 0.05) is 18.2 Å². The Morgan fingerprint density at radius 2 is 2.16 bits per heavy atom. The Labute approximate surface area is 110 Å². The minimum absolute atomic E-state index is 0.254. The molecule has 4 N–H and O–H groups in total. The number of nitrogens with zero attached hydrogens (tertiary/aromatic N) is 3. The second-order valence-electron chi connectivity index (χ2n) is 5.17. The molecule has 0 bridgehead atoms. The van der Waals surface area contributed by atoms with E-state index in [1.807, 2.05) is 0 Å². The third-order valence-corrected chi connectivity index (χ3v) is 3.69. The zero-order valence-corrected chi connectivity index (χ0v) is 10.9. The van der Waals surface area contributed by atoms with Gasteiger partial charge in [-0.25, -0.2) is 19.3 Å². The lowest BCUT2D eigenvalue weighted by atomic mass is 9.92. The van der Waals surface area contributed by atoms with Crippen LogP contribution in [0.15, 0.2) is 10.9 Å². The number of fused-ring (bicyclic) bond motifs is 1. The minimum Gasteiger partial charge on any atom is -0.367 e. The first-order valence-electron chi connectivity index (χ1n) is 6.60. The third kappa shape index (κ3) is 2.33. The van der Waals surface area contributed by atoms with Gasteiger partial charge in [0.2, 0.25) is 0 Å². The fourth-order valence-electron chi connectivity index (χ4n) is 2.64. The topological polar surface area (TPSA) is 101 Å². The van der Waals surface area contributed by atoms with E-state index in [0.29, 0.717) is 23.6 Å². The first kappa shape index (κ1) is 12.2. The molecule has 0 spiro atoms. The summed E-state index contributed by atoms with van der Waals surface area (Å²) in [6.07, 6.45) is 4.20. The quantitative estimate of drug-likeness (QED) is 0.727. The average molecular weight is 262 g/mol. The molecule has 1 aliphatic rings. The number of aromatic nitrogens is 4. The van der Waals surface area contributed by atoms with Crippen molar-refractivity contribution >= 4 is 11.5 Å². The average Bonchev–Trinajstić information content (AvgIpc) is 2.74. The molecule has 1 saturated carbocycles. The Morgan fingerprint density at radius 1 is 1.42 bits per heavy atom. The highest BCUT2D eigenvalue weighted by Crippen LogP contribution is 2.20. The van der Waals surface area contributed by atoms with Gasteiger partial charge in [-0.15, -0.1) is 0 Å². The van der Waals surface area contributed by atoms with Crippen LogP contribution in [0.1, 0.15) is 31.5 Å². The van der Waals surface area contributed by atoms with Crippen LogP contribution in [0.2, 0.25) is 0 Å². The molecule has 102 valence electrons. The van der Waals surface area contributed by atoms with Gasteiger partial charge in [-0.2, -0.15) is 5.10 Å². The highest BCUT2D eigenvalue weighted by Gasteiger charge is 2.19. The van der Waals surface area contributed by atoms with Crippen LogP contribution in [0.5, 0.6) is 0 Å². The Morgan fingerprint density at radius 3 is 2.89 bits per heavy atom. The maximum Gasteiger partial charge on any atom is 0.349 e. The van der Waals surface area contributed by atoms with Gasteiger partial charge >= 0.3 is 5.69 Å². The molecule has 0 aromatic carbocycles. The maximum absolute atomic E-state index is 11.5. The van der Waals surface area contributed by atoms with E-state index in [-0.39, 0.29) is 5.69 Å². The first-order valence-corrected chi connectivity index (χ1v) is 6.60. The number of nitrogens with two attached hydrogens (primary N) is 1. The number of anilines is 1. The number of hydrogen-bond donors (Lipinski definition) is 3.